The molecule has 2 aromatic carbocycles. The fourth-order valence-electron chi connectivity index (χ4n) is 3.85. The second-order valence-corrected chi connectivity index (χ2v) is 7.34. The van der Waals surface area contributed by atoms with Gasteiger partial charge in [0.25, 0.3) is 5.91 Å². The predicted molar refractivity (Wildman–Crippen MR) is 109 cm³/mol. The van der Waals surface area contributed by atoms with Crippen LogP contribution in [0.15, 0.2) is 52.9 Å². The molecule has 28 heavy (non-hydrogen) atoms. The molecule has 1 fully saturated rings. The molecule has 1 saturated carbocycles. The van der Waals surface area contributed by atoms with Crippen LogP contribution in [0.25, 0.3) is 22.6 Å². The highest BCUT2D eigenvalue weighted by Gasteiger charge is 2.30. The first-order valence-corrected chi connectivity index (χ1v) is 9.51. The van der Waals surface area contributed by atoms with E-state index < -0.39 is 0 Å². The summed E-state index contributed by atoms with van der Waals surface area (Å²) in [6, 6.07) is 15.3. The third-order valence-corrected chi connectivity index (χ3v) is 5.35. The molecule has 1 aliphatic carbocycles. The van der Waals surface area contributed by atoms with Crippen molar-refractivity contribution >= 4 is 22.9 Å². The average molecular weight is 379 g/mol. The molecule has 0 aliphatic heterocycles. The molecule has 0 spiro atoms. The monoisotopic (exact) mass is 379 g/mol. The summed E-state index contributed by atoms with van der Waals surface area (Å²) < 4.78 is 5.79. The SMILES string of the molecule is CC(=O)N[C@@H]1CC[C@@H](N(C)C(=O)c2ccc(-c3nc4ccccc4o3)cc2)C1.[HH]. The molecule has 1 aromatic heterocycles. The summed E-state index contributed by atoms with van der Waals surface area (Å²) in [6.45, 7) is 1.53. The summed E-state index contributed by atoms with van der Waals surface area (Å²) >= 11 is 0. The molecular weight excluding hydrogens is 354 g/mol. The standard InChI is InChI=1S/C22H23N3O3.H2/c1-14(26)23-17-11-12-18(13-17)25(2)22(27)16-9-7-15(8-10-16)21-24-19-5-3-4-6-20(19)28-21;/h3-10,17-18H,11-13H2,1-2H3,(H,23,26);1H/t17-,18-;/m1./s1. The van der Waals surface area contributed by atoms with Crippen LogP contribution in [0.1, 0.15) is 38.0 Å². The lowest BCUT2D eigenvalue weighted by Crippen LogP contribution is -2.37. The second-order valence-electron chi connectivity index (χ2n) is 7.34. The van der Waals surface area contributed by atoms with Crippen molar-refractivity contribution in [3.8, 4) is 11.5 Å². The third-order valence-electron chi connectivity index (χ3n) is 5.35. The number of amides is 2. The smallest absolute Gasteiger partial charge is 0.253 e. The summed E-state index contributed by atoms with van der Waals surface area (Å²) in [6.07, 6.45) is 2.59. The van der Waals surface area contributed by atoms with Crippen LogP contribution in [-0.4, -0.2) is 40.8 Å². The van der Waals surface area contributed by atoms with Gasteiger partial charge < -0.3 is 14.6 Å². The van der Waals surface area contributed by atoms with E-state index in [1.165, 1.54) is 6.92 Å². The topological polar surface area (TPSA) is 75.4 Å². The Morgan fingerprint density at radius 2 is 1.89 bits per heavy atom. The van der Waals surface area contributed by atoms with Crippen LogP contribution in [0.4, 0.5) is 0 Å². The fraction of sp³-hybridized carbons (Fsp3) is 0.318. The van der Waals surface area contributed by atoms with Crippen LogP contribution in [-0.2, 0) is 4.79 Å². The molecule has 6 heteroatoms. The Labute approximate surface area is 165 Å². The summed E-state index contributed by atoms with van der Waals surface area (Å²) in [5.41, 5.74) is 3.02. The molecule has 0 bridgehead atoms. The Morgan fingerprint density at radius 1 is 1.14 bits per heavy atom. The van der Waals surface area contributed by atoms with Gasteiger partial charge in [-0.1, -0.05) is 12.1 Å². The minimum Gasteiger partial charge on any atom is -0.436 e. The second kappa shape index (κ2) is 7.46. The number of hydrogen-bond donors (Lipinski definition) is 1. The van der Waals surface area contributed by atoms with Crippen molar-refractivity contribution in [3.05, 3.63) is 54.1 Å². The number of nitrogens with one attached hydrogen (secondary N) is 1. The highest BCUT2D eigenvalue weighted by Crippen LogP contribution is 2.27. The number of rotatable bonds is 4. The van der Waals surface area contributed by atoms with E-state index in [1.807, 2.05) is 55.6 Å². The quantitative estimate of drug-likeness (QED) is 0.747. The molecule has 0 saturated heterocycles. The Balaban J connectivity index is 0.00000240. The van der Waals surface area contributed by atoms with Crippen molar-refractivity contribution in [1.82, 2.24) is 15.2 Å². The minimum absolute atomic E-state index is 0. The summed E-state index contributed by atoms with van der Waals surface area (Å²) in [5, 5.41) is 2.95. The van der Waals surface area contributed by atoms with E-state index in [4.69, 9.17) is 4.42 Å². The van der Waals surface area contributed by atoms with Crippen molar-refractivity contribution in [2.24, 2.45) is 0 Å². The molecule has 4 rings (SSSR count). The fourth-order valence-corrected chi connectivity index (χ4v) is 3.85. The molecule has 2 atom stereocenters. The molecule has 1 N–H and O–H groups in total. The van der Waals surface area contributed by atoms with Crippen molar-refractivity contribution in [2.45, 2.75) is 38.3 Å². The maximum absolute atomic E-state index is 12.8. The predicted octanol–water partition coefficient (Wildman–Crippen LogP) is 3.87. The minimum atomic E-state index is -0.0191. The first kappa shape index (κ1) is 18.2. The Bertz CT molecular complexity index is 983. The number of carbonyl (C=O) groups is 2. The molecule has 0 unspecified atom stereocenters. The largest absolute Gasteiger partial charge is 0.436 e. The highest BCUT2D eigenvalue weighted by molar-refractivity contribution is 5.94. The van der Waals surface area contributed by atoms with Crippen molar-refractivity contribution in [2.75, 3.05) is 7.05 Å². The van der Waals surface area contributed by atoms with Crippen LogP contribution < -0.4 is 5.32 Å². The van der Waals surface area contributed by atoms with Crippen molar-refractivity contribution in [3.63, 3.8) is 0 Å². The highest BCUT2D eigenvalue weighted by atomic mass is 16.3. The van der Waals surface area contributed by atoms with Crippen LogP contribution in [0.2, 0.25) is 0 Å². The van der Waals surface area contributed by atoms with Gasteiger partial charge in [-0.2, -0.15) is 0 Å². The number of oxazole rings is 1. The van der Waals surface area contributed by atoms with E-state index >= 15 is 0 Å². The Hall–Kier alpha value is -3.15. The number of hydrogen-bond acceptors (Lipinski definition) is 4. The molecule has 6 nitrogen and oxygen atoms in total. The number of carbonyl (C=O) groups excluding carboxylic acids is 2. The third kappa shape index (κ3) is 3.63. The lowest BCUT2D eigenvalue weighted by molar-refractivity contribution is -0.119. The molecular formula is C22H25N3O3. The molecule has 3 aromatic rings. The molecule has 0 radical (unpaired) electrons. The average Bonchev–Trinajstić information content (AvgIpc) is 3.33. The summed E-state index contributed by atoms with van der Waals surface area (Å²) in [4.78, 5) is 30.4. The van der Waals surface area contributed by atoms with Gasteiger partial charge in [0.05, 0.1) is 0 Å². The first-order valence-electron chi connectivity index (χ1n) is 9.51. The van der Waals surface area contributed by atoms with Crippen LogP contribution in [0.3, 0.4) is 0 Å². The van der Waals surface area contributed by atoms with Gasteiger partial charge in [0, 0.05) is 38.6 Å². The maximum atomic E-state index is 12.8. The van der Waals surface area contributed by atoms with Crippen LogP contribution in [0.5, 0.6) is 0 Å². The Morgan fingerprint density at radius 3 is 2.61 bits per heavy atom. The van der Waals surface area contributed by atoms with Gasteiger partial charge in [0.15, 0.2) is 5.58 Å². The van der Waals surface area contributed by atoms with Crippen molar-refractivity contribution < 1.29 is 15.4 Å². The van der Waals surface area contributed by atoms with E-state index in [-0.39, 0.29) is 25.3 Å². The van der Waals surface area contributed by atoms with E-state index in [9.17, 15) is 9.59 Å². The normalized spacial score (nSPS) is 18.9. The summed E-state index contributed by atoms with van der Waals surface area (Å²) in [7, 11) is 1.83. The molecule has 2 amide bonds. The first-order chi connectivity index (χ1) is 13.5. The zero-order chi connectivity index (χ0) is 19.7. The van der Waals surface area contributed by atoms with E-state index in [0.717, 1.165) is 35.9 Å². The van der Waals surface area contributed by atoms with Crippen LogP contribution >= 0.6 is 0 Å². The molecule has 1 aliphatic rings. The van der Waals surface area contributed by atoms with Gasteiger partial charge >= 0.3 is 0 Å². The Kier molecular flexibility index (Phi) is 4.86. The van der Waals surface area contributed by atoms with Gasteiger partial charge in [-0.05, 0) is 55.7 Å². The van der Waals surface area contributed by atoms with E-state index in [1.54, 1.807) is 4.90 Å². The van der Waals surface area contributed by atoms with Gasteiger partial charge in [0.2, 0.25) is 11.8 Å². The van der Waals surface area contributed by atoms with E-state index in [2.05, 4.69) is 10.3 Å². The lowest BCUT2D eigenvalue weighted by Gasteiger charge is -2.25. The zero-order valence-corrected chi connectivity index (χ0v) is 16.0. The van der Waals surface area contributed by atoms with Gasteiger partial charge in [-0.3, -0.25) is 9.59 Å². The zero-order valence-electron chi connectivity index (χ0n) is 16.0. The van der Waals surface area contributed by atoms with E-state index in [0.29, 0.717) is 11.5 Å². The van der Waals surface area contributed by atoms with Crippen molar-refractivity contribution in [1.29, 1.82) is 0 Å². The number of para-hydroxylation sites is 2. The van der Waals surface area contributed by atoms with Crippen LogP contribution in [0, 0.1) is 0 Å². The van der Waals surface area contributed by atoms with Gasteiger partial charge in [0.1, 0.15) is 5.52 Å². The molecule has 1 heterocycles. The number of nitrogens with zero attached hydrogens (tertiary/aromatic N) is 2. The lowest BCUT2D eigenvalue weighted by atomic mass is 10.1. The van der Waals surface area contributed by atoms with Gasteiger partial charge in [-0.15, -0.1) is 0 Å². The number of benzene rings is 2. The summed E-state index contributed by atoms with van der Waals surface area (Å²) in [5.74, 6) is 0.509. The maximum Gasteiger partial charge on any atom is 0.253 e. The number of fused-ring (bicyclic) bond motifs is 1. The van der Waals surface area contributed by atoms with Gasteiger partial charge in [-0.25, -0.2) is 4.98 Å². The molecule has 146 valence electrons. The number of aromatic nitrogens is 1.